The van der Waals surface area contributed by atoms with Gasteiger partial charge in [0, 0.05) is 26.2 Å². The van der Waals surface area contributed by atoms with Crippen LogP contribution in [0.25, 0.3) is 0 Å². The molecular weight excluding hydrogens is 336 g/mol. The standard InChI is InChI=1S/C16H26N8O2/c1-15-16(2)23-11-19-5-6-20(8-19)12-24(16)14(26)22(15)10-18-4-3-17(7-18)9-21(15)13(23)25/h3-12H2,1-2H3. The topological polar surface area (TPSA) is 60.1 Å². The Morgan fingerprint density at radius 3 is 1.08 bits per heavy atom. The molecule has 6 heterocycles. The molecule has 0 aromatic carbocycles. The minimum atomic E-state index is -0.665. The molecule has 6 rings (SSSR count). The predicted octanol–water partition coefficient (Wildman–Crippen LogP) is -1.10. The smallest absolute Gasteiger partial charge is 0.284 e. The van der Waals surface area contributed by atoms with Gasteiger partial charge in [-0.3, -0.25) is 39.2 Å². The lowest BCUT2D eigenvalue weighted by Crippen LogP contribution is -2.68. The van der Waals surface area contributed by atoms with Crippen LogP contribution >= 0.6 is 0 Å². The second-order valence-electron chi connectivity index (χ2n) is 8.75. The molecule has 6 aliphatic heterocycles. The van der Waals surface area contributed by atoms with E-state index in [-0.39, 0.29) is 12.1 Å². The summed E-state index contributed by atoms with van der Waals surface area (Å²) >= 11 is 0. The van der Waals surface area contributed by atoms with E-state index in [1.165, 1.54) is 0 Å². The van der Waals surface area contributed by atoms with Gasteiger partial charge in [-0.1, -0.05) is 0 Å². The van der Waals surface area contributed by atoms with Crippen molar-refractivity contribution in [2.24, 2.45) is 0 Å². The third-order valence-corrected chi connectivity index (χ3v) is 7.55. The molecule has 0 aromatic rings. The van der Waals surface area contributed by atoms with Crippen molar-refractivity contribution in [3.63, 3.8) is 0 Å². The van der Waals surface area contributed by atoms with Crippen LogP contribution in [0.2, 0.25) is 0 Å². The lowest BCUT2D eigenvalue weighted by molar-refractivity contribution is -0.0949. The van der Waals surface area contributed by atoms with Crippen LogP contribution < -0.4 is 0 Å². The molecule has 4 atom stereocenters. The van der Waals surface area contributed by atoms with E-state index >= 15 is 0 Å². The summed E-state index contributed by atoms with van der Waals surface area (Å²) in [5, 5.41) is 0. The van der Waals surface area contributed by atoms with E-state index in [1.54, 1.807) is 0 Å². The minimum Gasteiger partial charge on any atom is -0.284 e. The maximum atomic E-state index is 13.5. The molecular formula is C16H26N8O2. The summed E-state index contributed by atoms with van der Waals surface area (Å²) in [7, 11) is 0. The van der Waals surface area contributed by atoms with Crippen LogP contribution in [-0.4, -0.2) is 129 Å². The Morgan fingerprint density at radius 2 is 0.808 bits per heavy atom. The van der Waals surface area contributed by atoms with Crippen LogP contribution in [0.3, 0.4) is 0 Å². The summed E-state index contributed by atoms with van der Waals surface area (Å²) in [5.74, 6) is 0. The van der Waals surface area contributed by atoms with Crippen molar-refractivity contribution in [3.8, 4) is 0 Å². The second kappa shape index (κ2) is 4.61. The van der Waals surface area contributed by atoms with Crippen LogP contribution in [0.1, 0.15) is 13.8 Å². The first-order valence-electron chi connectivity index (χ1n) is 9.51. The average Bonchev–Trinajstić information content (AvgIpc) is 3.30. The highest BCUT2D eigenvalue weighted by Crippen LogP contribution is 2.52. The highest BCUT2D eigenvalue weighted by atomic mass is 16.2. The summed E-state index contributed by atoms with van der Waals surface area (Å²) in [5.41, 5.74) is -1.33. The number of carbonyl (C=O) groups excluding carboxylic acids is 2. The molecule has 4 unspecified atom stereocenters. The number of nitrogens with zero attached hydrogens (tertiary/aromatic N) is 8. The van der Waals surface area contributed by atoms with Crippen molar-refractivity contribution >= 4 is 12.1 Å². The molecule has 0 spiro atoms. The first-order valence-corrected chi connectivity index (χ1v) is 9.51. The Labute approximate surface area is 153 Å². The van der Waals surface area contributed by atoms with Gasteiger partial charge in [-0.15, -0.1) is 0 Å². The first kappa shape index (κ1) is 15.4. The molecule has 10 nitrogen and oxygen atoms in total. The lowest BCUT2D eigenvalue weighted by atomic mass is 9.95. The molecule has 142 valence electrons. The maximum Gasteiger partial charge on any atom is 0.326 e. The van der Waals surface area contributed by atoms with Gasteiger partial charge in [-0.2, -0.15) is 0 Å². The fraction of sp³-hybridized carbons (Fsp3) is 0.875. The molecule has 0 saturated carbocycles. The third-order valence-electron chi connectivity index (χ3n) is 7.55. The van der Waals surface area contributed by atoms with E-state index < -0.39 is 11.3 Å². The third kappa shape index (κ3) is 1.54. The molecule has 0 N–H and O–H groups in total. The van der Waals surface area contributed by atoms with Crippen molar-refractivity contribution in [3.05, 3.63) is 0 Å². The zero-order valence-corrected chi connectivity index (χ0v) is 15.5. The number of fused-ring (bicyclic) bond motifs is 4. The van der Waals surface area contributed by atoms with Crippen LogP contribution in [-0.2, 0) is 0 Å². The summed E-state index contributed by atoms with van der Waals surface area (Å²) < 4.78 is 0. The van der Waals surface area contributed by atoms with E-state index in [0.29, 0.717) is 26.7 Å². The molecule has 4 bridgehead atoms. The van der Waals surface area contributed by atoms with Crippen molar-refractivity contribution < 1.29 is 9.59 Å². The fourth-order valence-corrected chi connectivity index (χ4v) is 5.82. The Balaban J connectivity index is 1.53. The van der Waals surface area contributed by atoms with E-state index in [2.05, 4.69) is 33.4 Å². The van der Waals surface area contributed by atoms with E-state index in [9.17, 15) is 9.59 Å². The highest BCUT2D eigenvalue weighted by Gasteiger charge is 2.75. The van der Waals surface area contributed by atoms with Crippen molar-refractivity contribution in [1.82, 2.24) is 39.2 Å². The van der Waals surface area contributed by atoms with Crippen molar-refractivity contribution in [1.29, 1.82) is 0 Å². The number of hydrogen-bond acceptors (Lipinski definition) is 6. The number of urea groups is 2. The van der Waals surface area contributed by atoms with Gasteiger partial charge >= 0.3 is 12.1 Å². The number of rotatable bonds is 0. The van der Waals surface area contributed by atoms with Gasteiger partial charge < -0.3 is 0 Å². The van der Waals surface area contributed by atoms with Crippen LogP contribution in [0, 0.1) is 0 Å². The van der Waals surface area contributed by atoms with Gasteiger partial charge in [0.2, 0.25) is 0 Å². The summed E-state index contributed by atoms with van der Waals surface area (Å²) in [4.78, 5) is 44.1. The normalized spacial score (nSPS) is 49.3. The van der Waals surface area contributed by atoms with E-state index in [1.807, 2.05) is 19.6 Å². The van der Waals surface area contributed by atoms with E-state index in [4.69, 9.17) is 0 Å². The zero-order chi connectivity index (χ0) is 17.8. The Morgan fingerprint density at radius 1 is 0.538 bits per heavy atom. The van der Waals surface area contributed by atoms with Crippen molar-refractivity contribution in [2.45, 2.75) is 25.2 Å². The molecule has 6 fully saturated rings. The van der Waals surface area contributed by atoms with Gasteiger partial charge in [0.25, 0.3) is 0 Å². The van der Waals surface area contributed by atoms with Crippen LogP contribution in [0.5, 0.6) is 0 Å². The summed E-state index contributed by atoms with van der Waals surface area (Å²) in [6, 6.07) is 0.108. The number of hydrogen-bond donors (Lipinski definition) is 0. The lowest BCUT2D eigenvalue weighted by Gasteiger charge is -2.48. The molecule has 6 saturated heterocycles. The summed E-state index contributed by atoms with van der Waals surface area (Å²) in [6.45, 7) is 11.9. The maximum absolute atomic E-state index is 13.5. The van der Waals surface area contributed by atoms with Gasteiger partial charge in [-0.05, 0) is 13.8 Å². The van der Waals surface area contributed by atoms with Crippen molar-refractivity contribution in [2.75, 3.05) is 66.2 Å². The molecule has 4 amide bonds. The van der Waals surface area contributed by atoms with Gasteiger partial charge in [0.1, 0.15) is 0 Å². The molecule has 0 aromatic heterocycles. The quantitative estimate of drug-likeness (QED) is 0.545. The van der Waals surface area contributed by atoms with E-state index in [0.717, 1.165) is 39.5 Å². The summed E-state index contributed by atoms with van der Waals surface area (Å²) in [6.07, 6.45) is 0. The molecule has 0 aliphatic carbocycles. The first-order chi connectivity index (χ1) is 12.4. The predicted molar refractivity (Wildman–Crippen MR) is 91.0 cm³/mol. The highest BCUT2D eigenvalue weighted by molar-refractivity contribution is 5.88. The van der Waals surface area contributed by atoms with Gasteiger partial charge in [0.05, 0.1) is 40.0 Å². The Bertz CT molecular complexity index is 598. The molecule has 0 radical (unpaired) electrons. The van der Waals surface area contributed by atoms with Gasteiger partial charge in [-0.25, -0.2) is 9.59 Å². The Kier molecular flexibility index (Phi) is 2.74. The largest absolute Gasteiger partial charge is 0.326 e. The molecule has 26 heavy (non-hydrogen) atoms. The van der Waals surface area contributed by atoms with Gasteiger partial charge in [0.15, 0.2) is 11.3 Å². The Hall–Kier alpha value is -1.62. The average molecular weight is 362 g/mol. The number of amides is 4. The zero-order valence-electron chi connectivity index (χ0n) is 15.5. The minimum absolute atomic E-state index is 0.0539. The monoisotopic (exact) mass is 362 g/mol. The second-order valence-corrected chi connectivity index (χ2v) is 8.75. The van der Waals surface area contributed by atoms with Crippen LogP contribution in [0.4, 0.5) is 9.59 Å². The molecule has 10 heteroatoms. The molecule has 6 aliphatic rings. The fourth-order valence-electron chi connectivity index (χ4n) is 5.82. The SMILES string of the molecule is CC12N3CN4CCN(C4)CN1C(=O)N1CN4CCN(C4)CN(C3=O)C12C. The number of carbonyl (C=O) groups is 2. The van der Waals surface area contributed by atoms with Crippen LogP contribution in [0.15, 0.2) is 0 Å².